The van der Waals surface area contributed by atoms with Gasteiger partial charge in [-0.3, -0.25) is 4.98 Å². The second-order valence-electron chi connectivity index (χ2n) is 4.58. The van der Waals surface area contributed by atoms with Crippen molar-refractivity contribution in [3.05, 3.63) is 53.9 Å². The Bertz CT molecular complexity index is 560. The van der Waals surface area contributed by atoms with E-state index in [4.69, 9.17) is 9.47 Å². The van der Waals surface area contributed by atoms with E-state index in [9.17, 15) is 0 Å². The van der Waals surface area contributed by atoms with Crippen LogP contribution in [0.4, 0.5) is 0 Å². The quantitative estimate of drug-likeness (QED) is 0.761. The number of rotatable bonds is 5. The van der Waals surface area contributed by atoms with Gasteiger partial charge in [-0.15, -0.1) is 0 Å². The highest BCUT2D eigenvalue weighted by Crippen LogP contribution is 2.42. The molecule has 0 aliphatic carbocycles. The molecule has 0 aliphatic rings. The number of ether oxygens (including phenoxy) is 2. The third kappa shape index (κ3) is 3.12. The third-order valence-electron chi connectivity index (χ3n) is 3.41. The van der Waals surface area contributed by atoms with E-state index in [1.165, 1.54) is 5.56 Å². The van der Waals surface area contributed by atoms with Gasteiger partial charge >= 0.3 is 0 Å². The van der Waals surface area contributed by atoms with Crippen LogP contribution in [0.3, 0.4) is 0 Å². The van der Waals surface area contributed by atoms with Crippen molar-refractivity contribution in [1.29, 1.82) is 0 Å². The predicted molar refractivity (Wildman–Crippen MR) is 83.9 cm³/mol. The lowest BCUT2D eigenvalue weighted by Crippen LogP contribution is -2.04. The Kier molecular flexibility index (Phi) is 5.01. The minimum absolute atomic E-state index is 0.158. The molecular weight excluding hydrogens is 318 g/mol. The molecule has 20 heavy (non-hydrogen) atoms. The van der Waals surface area contributed by atoms with Crippen molar-refractivity contribution in [2.24, 2.45) is 0 Å². The molecule has 0 N–H and O–H groups in total. The maximum absolute atomic E-state index is 5.47. The lowest BCUT2D eigenvalue weighted by Gasteiger charge is -2.21. The molecule has 1 aromatic carbocycles. The Morgan fingerprint density at radius 3 is 2.35 bits per heavy atom. The second-order valence-corrected chi connectivity index (χ2v) is 5.57. The molecule has 1 aromatic heterocycles. The first-order chi connectivity index (χ1) is 9.67. The third-order valence-corrected chi connectivity index (χ3v) is 4.69. The minimum Gasteiger partial charge on any atom is -0.497 e. The summed E-state index contributed by atoms with van der Waals surface area (Å²) >= 11 is 3.79. The van der Waals surface area contributed by atoms with Crippen LogP contribution in [0, 0.1) is 0 Å². The molecule has 0 amide bonds. The van der Waals surface area contributed by atoms with E-state index in [-0.39, 0.29) is 4.83 Å². The fourth-order valence-corrected chi connectivity index (χ4v) is 2.84. The van der Waals surface area contributed by atoms with E-state index in [2.05, 4.69) is 27.8 Å². The number of alkyl halides is 1. The van der Waals surface area contributed by atoms with Crippen molar-refractivity contribution < 1.29 is 9.47 Å². The number of aromatic nitrogens is 1. The summed E-state index contributed by atoms with van der Waals surface area (Å²) in [6, 6.07) is 9.97. The molecule has 0 saturated heterocycles. The van der Waals surface area contributed by atoms with Crippen LogP contribution in [0.25, 0.3) is 0 Å². The molecule has 0 aliphatic heterocycles. The van der Waals surface area contributed by atoms with Crippen molar-refractivity contribution in [1.82, 2.24) is 4.98 Å². The Labute approximate surface area is 128 Å². The van der Waals surface area contributed by atoms with Crippen LogP contribution in [0.1, 0.15) is 28.8 Å². The smallest absolute Gasteiger partial charge is 0.126 e. The van der Waals surface area contributed by atoms with Gasteiger partial charge in [-0.05, 0) is 29.7 Å². The zero-order valence-corrected chi connectivity index (χ0v) is 13.4. The van der Waals surface area contributed by atoms with E-state index < -0.39 is 0 Å². The second kappa shape index (κ2) is 6.75. The molecule has 0 radical (unpaired) electrons. The summed E-state index contributed by atoms with van der Waals surface area (Å²) in [5, 5.41) is 0. The molecule has 2 atom stereocenters. The minimum atomic E-state index is 0.158. The fourth-order valence-electron chi connectivity index (χ4n) is 2.15. The maximum atomic E-state index is 5.47. The summed E-state index contributed by atoms with van der Waals surface area (Å²) in [5.74, 6) is 1.93. The summed E-state index contributed by atoms with van der Waals surface area (Å²) in [4.78, 5) is 4.22. The molecule has 2 aromatic rings. The van der Waals surface area contributed by atoms with Gasteiger partial charge in [0.05, 0.1) is 14.2 Å². The summed E-state index contributed by atoms with van der Waals surface area (Å²) in [5.41, 5.74) is 2.34. The summed E-state index contributed by atoms with van der Waals surface area (Å²) in [6.45, 7) is 2.18. The van der Waals surface area contributed by atoms with Crippen molar-refractivity contribution in [2.45, 2.75) is 17.7 Å². The first-order valence-electron chi connectivity index (χ1n) is 6.43. The molecular formula is C16H18BrNO2. The fraction of sp³-hybridized carbons (Fsp3) is 0.312. The van der Waals surface area contributed by atoms with Gasteiger partial charge in [0.2, 0.25) is 0 Å². The summed E-state index contributed by atoms with van der Waals surface area (Å²) in [6.07, 6.45) is 3.63. The first kappa shape index (κ1) is 14.9. The number of halogens is 1. The van der Waals surface area contributed by atoms with Gasteiger partial charge in [0.15, 0.2) is 0 Å². The predicted octanol–water partition coefficient (Wildman–Crippen LogP) is 4.34. The van der Waals surface area contributed by atoms with Gasteiger partial charge in [0.1, 0.15) is 11.5 Å². The van der Waals surface area contributed by atoms with Gasteiger partial charge < -0.3 is 9.47 Å². The van der Waals surface area contributed by atoms with E-state index >= 15 is 0 Å². The van der Waals surface area contributed by atoms with Crippen molar-refractivity contribution in [3.63, 3.8) is 0 Å². The Hall–Kier alpha value is -1.55. The number of nitrogens with zero attached hydrogens (tertiary/aromatic N) is 1. The SMILES string of the molecule is COc1ccc(C(Br)C(C)c2ccncc2)c(OC)c1. The van der Waals surface area contributed by atoms with E-state index in [1.54, 1.807) is 14.2 Å². The van der Waals surface area contributed by atoms with Crippen molar-refractivity contribution >= 4 is 15.9 Å². The van der Waals surface area contributed by atoms with Crippen LogP contribution >= 0.6 is 15.9 Å². The zero-order valence-electron chi connectivity index (χ0n) is 11.8. The zero-order chi connectivity index (χ0) is 14.5. The molecule has 0 fully saturated rings. The van der Waals surface area contributed by atoms with Crippen LogP contribution in [-0.4, -0.2) is 19.2 Å². The number of hydrogen-bond acceptors (Lipinski definition) is 3. The number of benzene rings is 1. The monoisotopic (exact) mass is 335 g/mol. The molecule has 1 heterocycles. The molecule has 0 saturated carbocycles. The number of hydrogen-bond donors (Lipinski definition) is 0. The molecule has 106 valence electrons. The van der Waals surface area contributed by atoms with Crippen LogP contribution in [-0.2, 0) is 0 Å². The van der Waals surface area contributed by atoms with Gasteiger partial charge in [-0.25, -0.2) is 0 Å². The molecule has 2 rings (SSSR count). The Balaban J connectivity index is 2.31. The topological polar surface area (TPSA) is 31.4 Å². The van der Waals surface area contributed by atoms with Crippen LogP contribution in [0.15, 0.2) is 42.7 Å². The molecule has 0 bridgehead atoms. The van der Waals surface area contributed by atoms with Crippen LogP contribution < -0.4 is 9.47 Å². The highest BCUT2D eigenvalue weighted by Gasteiger charge is 2.21. The van der Waals surface area contributed by atoms with Gasteiger partial charge in [0, 0.05) is 28.9 Å². The van der Waals surface area contributed by atoms with Crippen molar-refractivity contribution in [2.75, 3.05) is 14.2 Å². The van der Waals surface area contributed by atoms with Crippen molar-refractivity contribution in [3.8, 4) is 11.5 Å². The van der Waals surface area contributed by atoms with E-state index in [1.807, 2.05) is 42.7 Å². The van der Waals surface area contributed by atoms with Gasteiger partial charge in [-0.2, -0.15) is 0 Å². The summed E-state index contributed by atoms with van der Waals surface area (Å²) < 4.78 is 10.7. The lowest BCUT2D eigenvalue weighted by molar-refractivity contribution is 0.390. The Morgan fingerprint density at radius 2 is 1.75 bits per heavy atom. The van der Waals surface area contributed by atoms with Crippen LogP contribution in [0.5, 0.6) is 11.5 Å². The van der Waals surface area contributed by atoms with Gasteiger partial charge in [0.25, 0.3) is 0 Å². The standard InChI is InChI=1S/C16H18BrNO2/c1-11(12-6-8-18-9-7-12)16(17)14-5-4-13(19-2)10-15(14)20-3/h4-11,16H,1-3H3. The number of methoxy groups -OCH3 is 2. The maximum Gasteiger partial charge on any atom is 0.126 e. The average Bonchev–Trinajstić information content (AvgIpc) is 2.53. The molecule has 3 nitrogen and oxygen atoms in total. The molecule has 4 heteroatoms. The highest BCUT2D eigenvalue weighted by atomic mass is 79.9. The number of pyridine rings is 1. The highest BCUT2D eigenvalue weighted by molar-refractivity contribution is 9.09. The first-order valence-corrected chi connectivity index (χ1v) is 7.35. The molecule has 0 spiro atoms. The largest absolute Gasteiger partial charge is 0.497 e. The van der Waals surface area contributed by atoms with Gasteiger partial charge in [-0.1, -0.05) is 28.9 Å². The van der Waals surface area contributed by atoms with E-state index in [0.717, 1.165) is 17.1 Å². The van der Waals surface area contributed by atoms with E-state index in [0.29, 0.717) is 5.92 Å². The normalized spacial score (nSPS) is 13.6. The average molecular weight is 336 g/mol. The lowest BCUT2D eigenvalue weighted by atomic mass is 9.94. The summed E-state index contributed by atoms with van der Waals surface area (Å²) in [7, 11) is 3.33. The Morgan fingerprint density at radius 1 is 1.05 bits per heavy atom. The molecule has 2 unspecified atom stereocenters. The van der Waals surface area contributed by atoms with Crippen LogP contribution in [0.2, 0.25) is 0 Å².